The van der Waals surface area contributed by atoms with E-state index in [-0.39, 0.29) is 17.8 Å². The Kier molecular flexibility index (Phi) is 4.87. The smallest absolute Gasteiger partial charge is 0.393 e. The zero-order valence-electron chi connectivity index (χ0n) is 12.5. The molecule has 2 aromatic rings. The number of hydrogen-bond acceptors (Lipinski definition) is 5. The number of aryl methyl sites for hydroxylation is 1. The summed E-state index contributed by atoms with van der Waals surface area (Å²) >= 11 is 0. The molecule has 124 valence electrons. The number of nitrogens with one attached hydrogen (secondary N) is 1. The van der Waals surface area contributed by atoms with Crippen molar-refractivity contribution in [2.24, 2.45) is 7.05 Å². The van der Waals surface area contributed by atoms with Crippen molar-refractivity contribution in [3.8, 4) is 0 Å². The van der Waals surface area contributed by atoms with Crippen molar-refractivity contribution in [2.45, 2.75) is 19.1 Å². The molecule has 0 fully saturated rings. The van der Waals surface area contributed by atoms with Crippen molar-refractivity contribution in [3.05, 3.63) is 41.2 Å². The number of hydrogen-bond donors (Lipinski definition) is 1. The molecule has 1 heterocycles. The first-order valence-corrected chi connectivity index (χ1v) is 6.66. The van der Waals surface area contributed by atoms with Gasteiger partial charge in [0.05, 0.1) is 25.8 Å². The predicted octanol–water partition coefficient (Wildman–Crippen LogP) is 2.32. The molecule has 0 bridgehead atoms. The number of halogens is 3. The highest BCUT2D eigenvalue weighted by Crippen LogP contribution is 2.22. The maximum atomic E-state index is 12.3. The number of methoxy groups -OCH3 is 1. The molecule has 1 aromatic heterocycles. The van der Waals surface area contributed by atoms with Gasteiger partial charge < -0.3 is 10.1 Å². The van der Waals surface area contributed by atoms with Crippen molar-refractivity contribution in [1.82, 2.24) is 15.0 Å². The van der Waals surface area contributed by atoms with Gasteiger partial charge in [-0.25, -0.2) is 9.48 Å². The summed E-state index contributed by atoms with van der Waals surface area (Å²) < 4.78 is 42.9. The summed E-state index contributed by atoms with van der Waals surface area (Å²) in [4.78, 5) is 11.6. The summed E-state index contributed by atoms with van der Waals surface area (Å²) in [7, 11) is 2.87. The fourth-order valence-corrected chi connectivity index (χ4v) is 1.99. The summed E-state index contributed by atoms with van der Waals surface area (Å²) in [5.41, 5.74) is 1.40. The molecule has 9 heteroatoms. The number of rotatable bonds is 5. The van der Waals surface area contributed by atoms with Crippen molar-refractivity contribution in [2.75, 3.05) is 12.4 Å². The third-order valence-corrected chi connectivity index (χ3v) is 3.14. The van der Waals surface area contributed by atoms with Gasteiger partial charge in [0, 0.05) is 12.7 Å². The maximum Gasteiger partial charge on any atom is 0.393 e. The van der Waals surface area contributed by atoms with Crippen LogP contribution in [0, 0.1) is 0 Å². The molecule has 2 rings (SSSR count). The number of benzene rings is 1. The number of anilines is 1. The van der Waals surface area contributed by atoms with Crippen LogP contribution in [0.3, 0.4) is 0 Å². The van der Waals surface area contributed by atoms with E-state index >= 15 is 0 Å². The van der Waals surface area contributed by atoms with Gasteiger partial charge in [0.15, 0.2) is 5.69 Å². The van der Waals surface area contributed by atoms with Crippen LogP contribution in [0.2, 0.25) is 0 Å². The van der Waals surface area contributed by atoms with Gasteiger partial charge in [-0.1, -0.05) is 17.3 Å². The van der Waals surface area contributed by atoms with Gasteiger partial charge in [-0.2, -0.15) is 13.2 Å². The Morgan fingerprint density at radius 3 is 2.52 bits per heavy atom. The van der Waals surface area contributed by atoms with Crippen LogP contribution in [0.4, 0.5) is 18.9 Å². The van der Waals surface area contributed by atoms with E-state index in [9.17, 15) is 18.0 Å². The number of carbonyl (C=O) groups excluding carboxylic acids is 1. The molecule has 23 heavy (non-hydrogen) atoms. The Bertz CT molecular complexity index is 680. The van der Waals surface area contributed by atoms with Crippen molar-refractivity contribution in [3.63, 3.8) is 0 Å². The minimum Gasteiger partial charge on any atom is -0.464 e. The molecule has 0 aliphatic rings. The summed E-state index contributed by atoms with van der Waals surface area (Å²) in [6.07, 6.45) is -5.20. The maximum absolute atomic E-state index is 12.3. The third kappa shape index (κ3) is 4.44. The van der Waals surface area contributed by atoms with Gasteiger partial charge >= 0.3 is 12.1 Å². The zero-order chi connectivity index (χ0) is 17.0. The first-order chi connectivity index (χ1) is 10.8. The molecule has 0 saturated carbocycles. The molecule has 0 spiro atoms. The topological polar surface area (TPSA) is 69.0 Å². The second-order valence-electron chi connectivity index (χ2n) is 4.84. The number of carbonyl (C=O) groups is 1. The third-order valence-electron chi connectivity index (χ3n) is 3.14. The van der Waals surface area contributed by atoms with Gasteiger partial charge in [-0.3, -0.25) is 0 Å². The monoisotopic (exact) mass is 328 g/mol. The lowest BCUT2D eigenvalue weighted by molar-refractivity contribution is -0.127. The Balaban J connectivity index is 2.04. The molecule has 0 amide bonds. The van der Waals surface area contributed by atoms with Crippen LogP contribution in [0.1, 0.15) is 21.7 Å². The summed E-state index contributed by atoms with van der Waals surface area (Å²) in [6.45, 7) is 0.229. The molecule has 1 N–H and O–H groups in total. The Hall–Kier alpha value is -2.58. The Morgan fingerprint density at radius 1 is 1.30 bits per heavy atom. The number of esters is 1. The van der Waals surface area contributed by atoms with Crippen LogP contribution >= 0.6 is 0 Å². The van der Waals surface area contributed by atoms with Crippen LogP contribution in [0.5, 0.6) is 0 Å². The molecule has 0 aliphatic heterocycles. The van der Waals surface area contributed by atoms with E-state index in [2.05, 4.69) is 20.4 Å². The molecular weight excluding hydrogens is 313 g/mol. The van der Waals surface area contributed by atoms with Crippen LogP contribution in [-0.2, 0) is 24.8 Å². The minimum atomic E-state index is -4.23. The Labute approximate surface area is 130 Å². The second kappa shape index (κ2) is 6.67. The van der Waals surface area contributed by atoms with Crippen molar-refractivity contribution >= 4 is 11.7 Å². The van der Waals surface area contributed by atoms with Gasteiger partial charge in [-0.05, 0) is 17.7 Å². The first kappa shape index (κ1) is 16.8. The SMILES string of the molecule is COC(=O)c1nnn(C)c1CNc1ccc(CC(F)(F)F)cc1. The van der Waals surface area contributed by atoms with Gasteiger partial charge in [0.2, 0.25) is 0 Å². The Morgan fingerprint density at radius 2 is 1.96 bits per heavy atom. The van der Waals surface area contributed by atoms with E-state index in [1.165, 1.54) is 23.9 Å². The molecular formula is C14H15F3N4O2. The molecule has 0 aliphatic carbocycles. The zero-order valence-corrected chi connectivity index (χ0v) is 12.5. The second-order valence-corrected chi connectivity index (χ2v) is 4.84. The lowest BCUT2D eigenvalue weighted by atomic mass is 10.1. The van der Waals surface area contributed by atoms with Crippen LogP contribution in [0.25, 0.3) is 0 Å². The highest BCUT2D eigenvalue weighted by atomic mass is 19.4. The number of ether oxygens (including phenoxy) is 1. The van der Waals surface area contributed by atoms with Crippen LogP contribution < -0.4 is 5.32 Å². The van der Waals surface area contributed by atoms with Gasteiger partial charge in [0.1, 0.15) is 0 Å². The van der Waals surface area contributed by atoms with Crippen LogP contribution in [-0.4, -0.2) is 34.2 Å². The predicted molar refractivity (Wildman–Crippen MR) is 75.9 cm³/mol. The average Bonchev–Trinajstić information content (AvgIpc) is 2.85. The van der Waals surface area contributed by atoms with E-state index in [1.54, 1.807) is 19.2 Å². The summed E-state index contributed by atoms with van der Waals surface area (Å²) in [5, 5.41) is 10.5. The van der Waals surface area contributed by atoms with Crippen LogP contribution in [0.15, 0.2) is 24.3 Å². The molecule has 0 radical (unpaired) electrons. The van der Waals surface area contributed by atoms with Crippen molar-refractivity contribution in [1.29, 1.82) is 0 Å². The fraction of sp³-hybridized carbons (Fsp3) is 0.357. The number of aromatic nitrogens is 3. The van der Waals surface area contributed by atoms with Crippen molar-refractivity contribution < 1.29 is 22.7 Å². The molecule has 1 aromatic carbocycles. The fourth-order valence-electron chi connectivity index (χ4n) is 1.99. The summed E-state index contributed by atoms with van der Waals surface area (Å²) in [6, 6.07) is 5.89. The highest BCUT2D eigenvalue weighted by molar-refractivity contribution is 5.88. The lowest BCUT2D eigenvalue weighted by Gasteiger charge is -2.09. The van der Waals surface area contributed by atoms with E-state index < -0.39 is 18.6 Å². The number of alkyl halides is 3. The first-order valence-electron chi connectivity index (χ1n) is 6.66. The quantitative estimate of drug-likeness (QED) is 0.853. The van der Waals surface area contributed by atoms with Gasteiger partial charge in [-0.15, -0.1) is 5.10 Å². The normalized spacial score (nSPS) is 11.3. The molecule has 6 nitrogen and oxygen atoms in total. The van der Waals surface area contributed by atoms with Gasteiger partial charge in [0.25, 0.3) is 0 Å². The minimum absolute atomic E-state index is 0.0937. The molecule has 0 unspecified atom stereocenters. The number of nitrogens with zero attached hydrogens (tertiary/aromatic N) is 3. The standard InChI is InChI=1S/C14H15F3N4O2/c1-21-11(12(19-20-21)13(22)23-2)8-18-10-5-3-9(4-6-10)7-14(15,16)17/h3-6,18H,7-8H2,1-2H3. The average molecular weight is 328 g/mol. The molecule has 0 saturated heterocycles. The lowest BCUT2D eigenvalue weighted by Crippen LogP contribution is -2.12. The van der Waals surface area contributed by atoms with E-state index in [1.807, 2.05) is 0 Å². The van der Waals surface area contributed by atoms with E-state index in [4.69, 9.17) is 0 Å². The summed E-state index contributed by atoms with van der Waals surface area (Å²) in [5.74, 6) is -0.601. The van der Waals surface area contributed by atoms with E-state index in [0.717, 1.165) is 0 Å². The molecule has 0 atom stereocenters. The highest BCUT2D eigenvalue weighted by Gasteiger charge is 2.27. The largest absolute Gasteiger partial charge is 0.464 e. The van der Waals surface area contributed by atoms with E-state index in [0.29, 0.717) is 11.4 Å².